The number of likely N-dealkylation sites (tertiary alicyclic amines) is 1. The summed E-state index contributed by atoms with van der Waals surface area (Å²) in [5.74, 6) is 0.0504. The number of carbonyl (C=O) groups excluding carboxylic acids is 1. The number of fused-ring (bicyclic) bond motifs is 1. The maximum Gasteiger partial charge on any atom is 0.266 e. The quantitative estimate of drug-likeness (QED) is 0.879. The Morgan fingerprint density at radius 3 is 2.48 bits per heavy atom. The molecule has 1 fully saturated rings. The number of hydrogen-bond acceptors (Lipinski definition) is 5. The summed E-state index contributed by atoms with van der Waals surface area (Å²) in [5, 5.41) is 9.21. The number of aryl methyl sites for hydroxylation is 2. The smallest absolute Gasteiger partial charge is 0.266 e. The van der Waals surface area contributed by atoms with Crippen LogP contribution in [0.1, 0.15) is 46.6 Å². The number of anilines is 1. The van der Waals surface area contributed by atoms with E-state index in [1.807, 2.05) is 18.7 Å². The summed E-state index contributed by atoms with van der Waals surface area (Å²) >= 11 is 1.37. The molecule has 3 rings (SSSR count). The van der Waals surface area contributed by atoms with E-state index in [1.54, 1.807) is 0 Å². The largest absolute Gasteiger partial charge is 0.397 e. The molecule has 1 aliphatic heterocycles. The summed E-state index contributed by atoms with van der Waals surface area (Å²) < 4.78 is 0. The Morgan fingerprint density at radius 2 is 1.81 bits per heavy atom. The zero-order valence-electron chi connectivity index (χ0n) is 12.5. The second kappa shape index (κ2) is 5.60. The first-order valence-electron chi connectivity index (χ1n) is 7.40. The summed E-state index contributed by atoms with van der Waals surface area (Å²) in [5.41, 5.74) is 8.70. The molecule has 0 saturated carbocycles. The number of carbonyl (C=O) groups is 1. The molecule has 2 N–H and O–H groups in total. The van der Waals surface area contributed by atoms with E-state index in [2.05, 4.69) is 10.2 Å². The van der Waals surface area contributed by atoms with Gasteiger partial charge < -0.3 is 10.6 Å². The number of nitrogens with zero attached hydrogens (tertiary/aromatic N) is 3. The number of thiophene rings is 1. The van der Waals surface area contributed by atoms with Crippen LogP contribution in [0, 0.1) is 13.8 Å². The first kappa shape index (κ1) is 14.3. The molecular formula is C15H20N4OS. The molecule has 0 unspecified atom stereocenters. The second-order valence-electron chi connectivity index (χ2n) is 5.64. The molecule has 1 amide bonds. The van der Waals surface area contributed by atoms with Crippen LogP contribution in [0.15, 0.2) is 0 Å². The Kier molecular flexibility index (Phi) is 3.80. The molecule has 5 nitrogen and oxygen atoms in total. The molecule has 112 valence electrons. The van der Waals surface area contributed by atoms with Gasteiger partial charge in [0.1, 0.15) is 9.71 Å². The first-order valence-corrected chi connectivity index (χ1v) is 8.22. The van der Waals surface area contributed by atoms with E-state index in [1.165, 1.54) is 24.2 Å². The molecular weight excluding hydrogens is 284 g/mol. The Balaban J connectivity index is 2.02. The molecule has 6 heteroatoms. The van der Waals surface area contributed by atoms with Crippen molar-refractivity contribution >= 4 is 33.1 Å². The van der Waals surface area contributed by atoms with Crippen molar-refractivity contribution in [3.8, 4) is 0 Å². The summed E-state index contributed by atoms with van der Waals surface area (Å²) in [4.78, 5) is 16.1. The Morgan fingerprint density at radius 1 is 1.14 bits per heavy atom. The minimum atomic E-state index is 0.0504. The van der Waals surface area contributed by atoms with Crippen LogP contribution in [-0.4, -0.2) is 34.1 Å². The van der Waals surface area contributed by atoms with Crippen LogP contribution >= 0.6 is 11.3 Å². The van der Waals surface area contributed by atoms with E-state index in [4.69, 9.17) is 5.73 Å². The number of rotatable bonds is 1. The molecule has 2 aromatic heterocycles. The molecule has 21 heavy (non-hydrogen) atoms. The van der Waals surface area contributed by atoms with Gasteiger partial charge >= 0.3 is 0 Å². The molecule has 1 saturated heterocycles. The highest BCUT2D eigenvalue weighted by atomic mass is 32.1. The van der Waals surface area contributed by atoms with Gasteiger partial charge in [0.2, 0.25) is 0 Å². The Bertz CT molecular complexity index is 687. The van der Waals surface area contributed by atoms with Gasteiger partial charge in [-0.3, -0.25) is 4.79 Å². The van der Waals surface area contributed by atoms with Crippen molar-refractivity contribution in [3.63, 3.8) is 0 Å². The zero-order valence-corrected chi connectivity index (χ0v) is 13.3. The van der Waals surface area contributed by atoms with Crippen molar-refractivity contribution in [3.05, 3.63) is 16.1 Å². The molecule has 0 aliphatic carbocycles. The fourth-order valence-electron chi connectivity index (χ4n) is 2.82. The van der Waals surface area contributed by atoms with Gasteiger partial charge in [-0.2, -0.15) is 5.10 Å². The summed E-state index contributed by atoms with van der Waals surface area (Å²) in [6, 6.07) is 0. The van der Waals surface area contributed by atoms with Crippen molar-refractivity contribution in [2.75, 3.05) is 18.8 Å². The number of nitrogen functional groups attached to an aromatic ring is 1. The molecule has 3 heterocycles. The lowest BCUT2D eigenvalue weighted by Gasteiger charge is -2.19. The minimum Gasteiger partial charge on any atom is -0.397 e. The molecule has 0 bridgehead atoms. The van der Waals surface area contributed by atoms with Crippen LogP contribution in [-0.2, 0) is 0 Å². The van der Waals surface area contributed by atoms with Crippen molar-refractivity contribution in [2.24, 2.45) is 0 Å². The van der Waals surface area contributed by atoms with Gasteiger partial charge in [-0.05, 0) is 32.3 Å². The molecule has 0 radical (unpaired) electrons. The molecule has 2 aromatic rings. The van der Waals surface area contributed by atoms with E-state index in [0.717, 1.165) is 47.4 Å². The summed E-state index contributed by atoms with van der Waals surface area (Å²) in [7, 11) is 0. The van der Waals surface area contributed by atoms with Gasteiger partial charge in [-0.15, -0.1) is 16.4 Å². The maximum absolute atomic E-state index is 12.7. The molecule has 0 atom stereocenters. The SMILES string of the molecule is Cc1nnc2sc(C(=O)N3CCCCCC3)c(N)c2c1C. The molecule has 0 aromatic carbocycles. The van der Waals surface area contributed by atoms with E-state index in [9.17, 15) is 4.79 Å². The predicted octanol–water partition coefficient (Wildman–Crippen LogP) is 2.91. The van der Waals surface area contributed by atoms with E-state index in [-0.39, 0.29) is 5.91 Å². The average molecular weight is 304 g/mol. The van der Waals surface area contributed by atoms with Crippen LogP contribution in [0.5, 0.6) is 0 Å². The van der Waals surface area contributed by atoms with Gasteiger partial charge in [-0.1, -0.05) is 12.8 Å². The third-order valence-electron chi connectivity index (χ3n) is 4.22. The lowest BCUT2D eigenvalue weighted by Crippen LogP contribution is -2.31. The van der Waals surface area contributed by atoms with Gasteiger partial charge in [-0.25, -0.2) is 0 Å². The highest BCUT2D eigenvalue weighted by Crippen LogP contribution is 2.35. The van der Waals surface area contributed by atoms with E-state index in [0.29, 0.717) is 10.6 Å². The van der Waals surface area contributed by atoms with Crippen molar-refractivity contribution < 1.29 is 4.79 Å². The standard InChI is InChI=1S/C15H20N4OS/c1-9-10(2)17-18-14-11(9)12(16)13(21-14)15(20)19-7-5-3-4-6-8-19/h3-8,16H2,1-2H3. The van der Waals surface area contributed by atoms with Crippen molar-refractivity contribution in [1.82, 2.24) is 15.1 Å². The number of aromatic nitrogens is 2. The monoisotopic (exact) mass is 304 g/mol. The summed E-state index contributed by atoms with van der Waals surface area (Å²) in [6.07, 6.45) is 4.56. The lowest BCUT2D eigenvalue weighted by atomic mass is 10.1. The van der Waals surface area contributed by atoms with Crippen molar-refractivity contribution in [1.29, 1.82) is 0 Å². The van der Waals surface area contributed by atoms with E-state index >= 15 is 0 Å². The maximum atomic E-state index is 12.7. The first-order chi connectivity index (χ1) is 10.1. The van der Waals surface area contributed by atoms with Gasteiger partial charge in [0, 0.05) is 18.5 Å². The van der Waals surface area contributed by atoms with Crippen molar-refractivity contribution in [2.45, 2.75) is 39.5 Å². The minimum absolute atomic E-state index is 0.0504. The van der Waals surface area contributed by atoms with Gasteiger partial charge in [0.15, 0.2) is 0 Å². The highest BCUT2D eigenvalue weighted by molar-refractivity contribution is 7.21. The second-order valence-corrected chi connectivity index (χ2v) is 6.64. The topological polar surface area (TPSA) is 72.1 Å². The van der Waals surface area contributed by atoms with Crippen LogP contribution < -0.4 is 5.73 Å². The predicted molar refractivity (Wildman–Crippen MR) is 85.7 cm³/mol. The lowest BCUT2D eigenvalue weighted by molar-refractivity contribution is 0.0767. The van der Waals surface area contributed by atoms with Gasteiger partial charge in [0.05, 0.1) is 11.4 Å². The van der Waals surface area contributed by atoms with Crippen LogP contribution in [0.4, 0.5) is 5.69 Å². The van der Waals surface area contributed by atoms with Crippen LogP contribution in [0.3, 0.4) is 0 Å². The molecule has 0 spiro atoms. The fourth-order valence-corrected chi connectivity index (χ4v) is 3.89. The number of hydrogen-bond donors (Lipinski definition) is 1. The van der Waals surface area contributed by atoms with Gasteiger partial charge in [0.25, 0.3) is 5.91 Å². The normalized spacial score (nSPS) is 16.2. The van der Waals surface area contributed by atoms with Crippen LogP contribution in [0.25, 0.3) is 10.2 Å². The average Bonchev–Trinajstić information content (AvgIpc) is 2.67. The number of amides is 1. The highest BCUT2D eigenvalue weighted by Gasteiger charge is 2.24. The zero-order chi connectivity index (χ0) is 15.0. The summed E-state index contributed by atoms with van der Waals surface area (Å²) in [6.45, 7) is 5.55. The molecule has 1 aliphatic rings. The van der Waals surface area contributed by atoms with Crippen LogP contribution in [0.2, 0.25) is 0 Å². The Hall–Kier alpha value is -1.69. The number of nitrogens with two attached hydrogens (primary N) is 1. The van der Waals surface area contributed by atoms with E-state index < -0.39 is 0 Å². The Labute approximate surface area is 128 Å². The third-order valence-corrected chi connectivity index (χ3v) is 5.30. The third kappa shape index (κ3) is 2.48. The fraction of sp³-hybridized carbons (Fsp3) is 0.533.